The first-order valence-electron chi connectivity index (χ1n) is 7.14. The molecule has 2 aromatic rings. The van der Waals surface area contributed by atoms with E-state index in [2.05, 4.69) is 10.3 Å². The fraction of sp³-hybridized carbons (Fsp3) is 0.375. The number of nitrogens with zero attached hydrogens (tertiary/aromatic N) is 1. The lowest BCUT2D eigenvalue weighted by molar-refractivity contribution is -0.116. The van der Waals surface area contributed by atoms with Crippen LogP contribution in [-0.2, 0) is 4.79 Å². The molecule has 7 heteroatoms. The van der Waals surface area contributed by atoms with Gasteiger partial charge in [-0.1, -0.05) is 0 Å². The molecule has 2 rings (SSSR count). The van der Waals surface area contributed by atoms with Gasteiger partial charge in [-0.15, -0.1) is 11.3 Å². The minimum atomic E-state index is -0.00226. The Hall–Kier alpha value is -1.73. The number of benzene rings is 1. The summed E-state index contributed by atoms with van der Waals surface area (Å²) in [6, 6.07) is 5.55. The highest BCUT2D eigenvalue weighted by Crippen LogP contribution is 2.35. The highest BCUT2D eigenvalue weighted by Gasteiger charge is 2.12. The first kappa shape index (κ1) is 17.6. The normalized spacial score (nSPS) is 10.4. The zero-order valence-corrected chi connectivity index (χ0v) is 15.1. The summed E-state index contributed by atoms with van der Waals surface area (Å²) in [5.74, 6) is 2.43. The van der Waals surface area contributed by atoms with E-state index in [1.807, 2.05) is 29.8 Å². The fourth-order valence-electron chi connectivity index (χ4n) is 2.03. The van der Waals surface area contributed by atoms with Crippen LogP contribution in [0.25, 0.3) is 11.3 Å². The third-order valence-corrected chi connectivity index (χ3v) is 4.64. The molecule has 1 aromatic carbocycles. The minimum absolute atomic E-state index is 0.00226. The standard InChI is InChI=1S/C16H20N2O3S2/c1-20-11-6-7-14(21-2)12(9-11)13-10-23-16(17-13)18-15(19)5-4-8-22-3/h6-7,9-10H,4-5,8H2,1-3H3,(H,17,18,19). The van der Waals surface area contributed by atoms with Gasteiger partial charge in [-0.3, -0.25) is 4.79 Å². The number of thiazole rings is 1. The Morgan fingerprint density at radius 1 is 1.35 bits per heavy atom. The van der Waals surface area contributed by atoms with Crippen LogP contribution in [0.3, 0.4) is 0 Å². The van der Waals surface area contributed by atoms with Crippen molar-refractivity contribution in [1.29, 1.82) is 0 Å². The summed E-state index contributed by atoms with van der Waals surface area (Å²) in [7, 11) is 3.24. The molecule has 0 aliphatic rings. The molecular weight excluding hydrogens is 332 g/mol. The molecule has 0 saturated carbocycles. The fourth-order valence-corrected chi connectivity index (χ4v) is 3.19. The maximum absolute atomic E-state index is 11.9. The number of methoxy groups -OCH3 is 2. The van der Waals surface area contributed by atoms with Gasteiger partial charge in [0.2, 0.25) is 5.91 Å². The first-order chi connectivity index (χ1) is 11.2. The van der Waals surface area contributed by atoms with Crippen LogP contribution in [0.15, 0.2) is 23.6 Å². The number of hydrogen-bond acceptors (Lipinski definition) is 6. The van der Waals surface area contributed by atoms with Crippen LogP contribution in [0.4, 0.5) is 5.13 Å². The molecule has 0 unspecified atom stereocenters. The number of aromatic nitrogens is 1. The van der Waals surface area contributed by atoms with E-state index >= 15 is 0 Å². The lowest BCUT2D eigenvalue weighted by atomic mass is 10.1. The minimum Gasteiger partial charge on any atom is -0.497 e. The molecule has 0 bridgehead atoms. The molecule has 0 fully saturated rings. The van der Waals surface area contributed by atoms with Crippen molar-refractivity contribution in [3.05, 3.63) is 23.6 Å². The predicted molar refractivity (Wildman–Crippen MR) is 96.9 cm³/mol. The number of rotatable bonds is 8. The van der Waals surface area contributed by atoms with Gasteiger partial charge in [0.15, 0.2) is 5.13 Å². The molecule has 5 nitrogen and oxygen atoms in total. The van der Waals surface area contributed by atoms with Crippen molar-refractivity contribution in [2.75, 3.05) is 31.5 Å². The number of nitrogens with one attached hydrogen (secondary N) is 1. The van der Waals surface area contributed by atoms with Gasteiger partial charge in [0.05, 0.1) is 19.9 Å². The third kappa shape index (κ3) is 4.87. The lowest BCUT2D eigenvalue weighted by Gasteiger charge is -2.08. The molecule has 0 atom stereocenters. The molecule has 1 amide bonds. The van der Waals surface area contributed by atoms with Crippen molar-refractivity contribution in [2.45, 2.75) is 12.8 Å². The molecule has 124 valence electrons. The smallest absolute Gasteiger partial charge is 0.226 e. The molecule has 1 N–H and O–H groups in total. The van der Waals surface area contributed by atoms with Crippen molar-refractivity contribution in [1.82, 2.24) is 4.98 Å². The maximum atomic E-state index is 11.9. The molecular formula is C16H20N2O3S2. The molecule has 0 aliphatic heterocycles. The molecule has 0 saturated heterocycles. The second-order valence-corrected chi connectivity index (χ2v) is 6.59. The number of carbonyl (C=O) groups is 1. The highest BCUT2D eigenvalue weighted by atomic mass is 32.2. The summed E-state index contributed by atoms with van der Waals surface area (Å²) in [5, 5.41) is 5.34. The van der Waals surface area contributed by atoms with Crippen molar-refractivity contribution in [2.24, 2.45) is 0 Å². The average Bonchev–Trinajstić information content (AvgIpc) is 3.02. The van der Waals surface area contributed by atoms with Crippen LogP contribution in [0, 0.1) is 0 Å². The van der Waals surface area contributed by atoms with Crippen LogP contribution in [-0.4, -0.2) is 37.1 Å². The number of hydrogen-bond donors (Lipinski definition) is 1. The zero-order valence-electron chi connectivity index (χ0n) is 13.4. The van der Waals surface area contributed by atoms with Gasteiger partial charge >= 0.3 is 0 Å². The van der Waals surface area contributed by atoms with Gasteiger partial charge in [-0.25, -0.2) is 4.98 Å². The van der Waals surface area contributed by atoms with Crippen molar-refractivity contribution < 1.29 is 14.3 Å². The first-order valence-corrected chi connectivity index (χ1v) is 9.42. The van der Waals surface area contributed by atoms with Gasteiger partial charge in [0.1, 0.15) is 11.5 Å². The summed E-state index contributed by atoms with van der Waals surface area (Å²) >= 11 is 3.14. The van der Waals surface area contributed by atoms with E-state index in [-0.39, 0.29) is 5.91 Å². The van der Waals surface area contributed by atoms with Crippen LogP contribution in [0.5, 0.6) is 11.5 Å². The number of amides is 1. The SMILES string of the molecule is COc1ccc(OC)c(-c2csc(NC(=O)CCCSC)n2)c1. The molecule has 1 aromatic heterocycles. The summed E-state index contributed by atoms with van der Waals surface area (Å²) in [6.07, 6.45) is 3.42. The summed E-state index contributed by atoms with van der Waals surface area (Å²) in [5.41, 5.74) is 1.59. The van der Waals surface area contributed by atoms with Crippen molar-refractivity contribution >= 4 is 34.1 Å². The Kier molecular flexibility index (Phi) is 6.73. The van der Waals surface area contributed by atoms with E-state index in [1.165, 1.54) is 11.3 Å². The largest absolute Gasteiger partial charge is 0.497 e. The molecule has 0 aliphatic carbocycles. The Morgan fingerprint density at radius 3 is 2.87 bits per heavy atom. The van der Waals surface area contributed by atoms with E-state index in [9.17, 15) is 4.79 Å². The number of thioether (sulfide) groups is 1. The molecule has 23 heavy (non-hydrogen) atoms. The van der Waals surface area contributed by atoms with Crippen LogP contribution in [0.2, 0.25) is 0 Å². The summed E-state index contributed by atoms with van der Waals surface area (Å²) < 4.78 is 10.6. The quantitative estimate of drug-likeness (QED) is 0.730. The highest BCUT2D eigenvalue weighted by molar-refractivity contribution is 7.98. The Labute approximate surface area is 144 Å². The maximum Gasteiger partial charge on any atom is 0.226 e. The van der Waals surface area contributed by atoms with Gasteiger partial charge in [0, 0.05) is 17.4 Å². The van der Waals surface area contributed by atoms with Crippen LogP contribution >= 0.6 is 23.1 Å². The van der Waals surface area contributed by atoms with E-state index in [0.29, 0.717) is 17.3 Å². The third-order valence-electron chi connectivity index (χ3n) is 3.19. The van der Waals surface area contributed by atoms with E-state index < -0.39 is 0 Å². The van der Waals surface area contributed by atoms with Gasteiger partial charge in [-0.2, -0.15) is 11.8 Å². The number of anilines is 1. The average molecular weight is 352 g/mol. The Balaban J connectivity index is 2.11. The second kappa shape index (κ2) is 8.79. The van der Waals surface area contributed by atoms with E-state index in [1.54, 1.807) is 26.0 Å². The zero-order chi connectivity index (χ0) is 16.7. The Bertz CT molecular complexity index is 659. The van der Waals surface area contributed by atoms with Gasteiger partial charge in [0.25, 0.3) is 0 Å². The van der Waals surface area contributed by atoms with Crippen LogP contribution < -0.4 is 14.8 Å². The lowest BCUT2D eigenvalue weighted by Crippen LogP contribution is -2.11. The second-order valence-electron chi connectivity index (χ2n) is 4.75. The topological polar surface area (TPSA) is 60.5 Å². The van der Waals surface area contributed by atoms with Crippen LogP contribution in [0.1, 0.15) is 12.8 Å². The van der Waals surface area contributed by atoms with Gasteiger partial charge < -0.3 is 14.8 Å². The summed E-state index contributed by atoms with van der Waals surface area (Å²) in [4.78, 5) is 16.3. The van der Waals surface area contributed by atoms with Crippen molar-refractivity contribution in [3.63, 3.8) is 0 Å². The summed E-state index contributed by atoms with van der Waals surface area (Å²) in [6.45, 7) is 0. The molecule has 0 radical (unpaired) electrons. The monoisotopic (exact) mass is 352 g/mol. The van der Waals surface area contributed by atoms with Gasteiger partial charge in [-0.05, 0) is 36.6 Å². The van der Waals surface area contributed by atoms with E-state index in [0.717, 1.165) is 29.2 Å². The van der Waals surface area contributed by atoms with E-state index in [4.69, 9.17) is 9.47 Å². The predicted octanol–water partition coefficient (Wildman–Crippen LogP) is 3.91. The molecule has 1 heterocycles. The molecule has 0 spiro atoms. The number of carbonyl (C=O) groups excluding carboxylic acids is 1. The number of ether oxygens (including phenoxy) is 2. The Morgan fingerprint density at radius 2 is 2.17 bits per heavy atom. The van der Waals surface area contributed by atoms with Crippen molar-refractivity contribution in [3.8, 4) is 22.8 Å².